The average molecular weight is 272 g/mol. The van der Waals surface area contributed by atoms with E-state index in [0.717, 1.165) is 5.69 Å². The second-order valence-electron chi connectivity index (χ2n) is 4.76. The van der Waals surface area contributed by atoms with Crippen LogP contribution in [0.25, 0.3) is 0 Å². The van der Waals surface area contributed by atoms with Gasteiger partial charge in [-0.05, 0) is 44.9 Å². The molecule has 1 aliphatic rings. The third-order valence-electron chi connectivity index (χ3n) is 1.92. The van der Waals surface area contributed by atoms with Crippen LogP contribution < -0.4 is 10.0 Å². The molecule has 1 aromatic rings. The van der Waals surface area contributed by atoms with Gasteiger partial charge in [0.1, 0.15) is 0 Å². The minimum absolute atomic E-state index is 0.0808. The molecule has 0 amide bonds. The van der Waals surface area contributed by atoms with Crippen molar-refractivity contribution in [3.05, 3.63) is 24.3 Å². The lowest BCUT2D eigenvalue weighted by atomic mass is 10.1. The average Bonchev–Trinajstić information content (AvgIpc) is 2.51. The first-order chi connectivity index (χ1) is 7.38. The Labute approximate surface area is 111 Å². The van der Waals surface area contributed by atoms with Crippen LogP contribution in [0.1, 0.15) is 20.8 Å². The Morgan fingerprint density at radius 3 is 2.69 bits per heavy atom. The molecule has 0 bridgehead atoms. The van der Waals surface area contributed by atoms with Crippen molar-refractivity contribution in [1.82, 2.24) is 4.72 Å². The third kappa shape index (κ3) is 3.03. The number of thioether (sulfide) groups is 1. The number of anilines is 1. The highest BCUT2D eigenvalue weighted by Gasteiger charge is 2.36. The van der Waals surface area contributed by atoms with Crippen molar-refractivity contribution in [1.29, 1.82) is 0 Å². The van der Waals surface area contributed by atoms with E-state index in [-0.39, 0.29) is 9.07 Å². The molecule has 2 nitrogen and oxygen atoms in total. The fourth-order valence-electron chi connectivity index (χ4n) is 1.27. The zero-order valence-electron chi connectivity index (χ0n) is 9.57. The summed E-state index contributed by atoms with van der Waals surface area (Å²) in [5, 5.41) is 3.41. The molecular weight excluding hydrogens is 256 g/mol. The van der Waals surface area contributed by atoms with Gasteiger partial charge in [-0.2, -0.15) is 0 Å². The predicted molar refractivity (Wildman–Crippen MR) is 78.1 cm³/mol. The van der Waals surface area contributed by atoms with Crippen LogP contribution in [0.5, 0.6) is 0 Å². The summed E-state index contributed by atoms with van der Waals surface area (Å²) in [6.07, 6.45) is 0. The van der Waals surface area contributed by atoms with Crippen LogP contribution in [0.2, 0.25) is 0 Å². The van der Waals surface area contributed by atoms with Crippen LogP contribution in [-0.4, -0.2) is 9.07 Å². The lowest BCUT2D eigenvalue weighted by molar-refractivity contribution is 0.535. The highest BCUT2D eigenvalue weighted by Crippen LogP contribution is 2.52. The fraction of sp³-hybridized carbons (Fsp3) is 0.455. The van der Waals surface area contributed by atoms with E-state index in [1.165, 1.54) is 4.90 Å². The first-order valence-electron chi connectivity index (χ1n) is 5.12. The molecule has 0 aromatic heterocycles. The van der Waals surface area contributed by atoms with E-state index in [1.54, 1.807) is 23.7 Å². The van der Waals surface area contributed by atoms with Gasteiger partial charge in [0.15, 0.2) is 3.54 Å². The van der Waals surface area contributed by atoms with Crippen LogP contribution in [-0.2, 0) is 0 Å². The molecule has 0 fully saturated rings. The quantitative estimate of drug-likeness (QED) is 0.433. The van der Waals surface area contributed by atoms with Crippen molar-refractivity contribution in [3.8, 4) is 0 Å². The number of benzene rings is 1. The Bertz CT molecular complexity index is 362. The first kappa shape index (κ1) is 12.5. The molecule has 2 N–H and O–H groups in total. The molecule has 0 spiro atoms. The summed E-state index contributed by atoms with van der Waals surface area (Å²) in [6, 6.07) is 8.28. The molecule has 2 rings (SSSR count). The number of nitrogens with one attached hydrogen (secondary N) is 2. The van der Waals surface area contributed by atoms with Gasteiger partial charge in [0.25, 0.3) is 0 Å². The monoisotopic (exact) mass is 272 g/mol. The highest BCUT2D eigenvalue weighted by molar-refractivity contribution is 8.29. The van der Waals surface area contributed by atoms with Gasteiger partial charge in [-0.1, -0.05) is 23.9 Å². The lowest BCUT2D eigenvalue weighted by Crippen LogP contribution is -2.35. The van der Waals surface area contributed by atoms with Crippen LogP contribution in [0.15, 0.2) is 29.2 Å². The van der Waals surface area contributed by atoms with Crippen LogP contribution in [0.3, 0.4) is 0 Å². The Morgan fingerprint density at radius 2 is 2.06 bits per heavy atom. The molecule has 1 heterocycles. The summed E-state index contributed by atoms with van der Waals surface area (Å²) in [4.78, 5) is 1.25. The Balaban J connectivity index is 2.03. The summed E-state index contributed by atoms with van der Waals surface area (Å²) >= 11 is 8.04. The minimum atomic E-state index is -0.322. The number of para-hydroxylation sites is 1. The zero-order valence-corrected chi connectivity index (χ0v) is 12.1. The Morgan fingerprint density at radius 1 is 1.38 bits per heavy atom. The first-order valence-corrected chi connectivity index (χ1v) is 7.20. The Kier molecular flexibility index (Phi) is 3.41. The number of fused-ring (bicyclic) bond motifs is 1. The van der Waals surface area contributed by atoms with Crippen molar-refractivity contribution in [2.75, 3.05) is 5.32 Å². The Hall–Kier alpha value is 0.0300. The minimum Gasteiger partial charge on any atom is -0.352 e. The lowest BCUT2D eigenvalue weighted by Gasteiger charge is -2.28. The number of rotatable bonds is 2. The second-order valence-corrected chi connectivity index (χ2v) is 8.57. The number of hydrogen-bond donors (Lipinski definition) is 3. The maximum atomic E-state index is 4.69. The SMILES string of the molecule is CC(C)(C)NSC1(S)Nc2ccccc2S1. The largest absolute Gasteiger partial charge is 0.352 e. The van der Waals surface area contributed by atoms with Crippen molar-refractivity contribution >= 4 is 42.0 Å². The molecule has 88 valence electrons. The van der Waals surface area contributed by atoms with E-state index in [2.05, 4.69) is 49.0 Å². The van der Waals surface area contributed by atoms with Crippen molar-refractivity contribution in [2.45, 2.75) is 34.7 Å². The molecule has 0 radical (unpaired) electrons. The molecule has 1 atom stereocenters. The van der Waals surface area contributed by atoms with Gasteiger partial charge < -0.3 is 5.32 Å². The molecular formula is C11H16N2S3. The van der Waals surface area contributed by atoms with Gasteiger partial charge in [0, 0.05) is 10.4 Å². The highest BCUT2D eigenvalue weighted by atomic mass is 32.3. The standard InChI is InChI=1S/C11H16N2S3/c1-10(2,3)13-16-11(14)12-8-6-4-5-7-9(8)15-11/h4-7,12-14H,1-3H3. The maximum Gasteiger partial charge on any atom is 0.194 e. The van der Waals surface area contributed by atoms with Gasteiger partial charge in [-0.3, -0.25) is 4.72 Å². The van der Waals surface area contributed by atoms with Crippen LogP contribution >= 0.6 is 36.3 Å². The van der Waals surface area contributed by atoms with E-state index in [4.69, 9.17) is 12.6 Å². The third-order valence-corrected chi connectivity index (χ3v) is 5.13. The van der Waals surface area contributed by atoms with Gasteiger partial charge in [0.2, 0.25) is 0 Å². The van der Waals surface area contributed by atoms with Gasteiger partial charge in [-0.25, -0.2) is 0 Å². The van der Waals surface area contributed by atoms with E-state index < -0.39 is 0 Å². The molecule has 1 aromatic carbocycles. The molecule has 0 saturated carbocycles. The van der Waals surface area contributed by atoms with E-state index in [9.17, 15) is 0 Å². The van der Waals surface area contributed by atoms with Crippen LogP contribution in [0.4, 0.5) is 5.69 Å². The molecule has 1 unspecified atom stereocenters. The molecule has 5 heteroatoms. The normalized spacial score (nSPS) is 24.0. The number of hydrogen-bond acceptors (Lipinski definition) is 5. The molecule has 0 aliphatic carbocycles. The van der Waals surface area contributed by atoms with Crippen molar-refractivity contribution in [2.24, 2.45) is 0 Å². The van der Waals surface area contributed by atoms with Crippen molar-refractivity contribution in [3.63, 3.8) is 0 Å². The van der Waals surface area contributed by atoms with E-state index in [1.807, 2.05) is 6.07 Å². The molecule has 0 saturated heterocycles. The predicted octanol–water partition coefficient (Wildman–Crippen LogP) is 3.78. The topological polar surface area (TPSA) is 24.1 Å². The number of thiol groups is 1. The molecule has 1 aliphatic heterocycles. The maximum absolute atomic E-state index is 4.69. The summed E-state index contributed by atoms with van der Waals surface area (Å²) in [7, 11) is 0. The van der Waals surface area contributed by atoms with Crippen LogP contribution in [0, 0.1) is 0 Å². The van der Waals surface area contributed by atoms with Gasteiger partial charge in [0.05, 0.1) is 5.69 Å². The van der Waals surface area contributed by atoms with Crippen molar-refractivity contribution < 1.29 is 0 Å². The zero-order chi connectivity index (χ0) is 11.8. The second kappa shape index (κ2) is 4.37. The van der Waals surface area contributed by atoms with E-state index >= 15 is 0 Å². The summed E-state index contributed by atoms with van der Waals surface area (Å²) in [5.41, 5.74) is 1.24. The smallest absolute Gasteiger partial charge is 0.194 e. The summed E-state index contributed by atoms with van der Waals surface area (Å²) in [5.74, 6) is 0. The van der Waals surface area contributed by atoms with Gasteiger partial charge in [-0.15, -0.1) is 12.6 Å². The summed E-state index contributed by atoms with van der Waals surface area (Å²) < 4.78 is 3.07. The van der Waals surface area contributed by atoms with Gasteiger partial charge >= 0.3 is 0 Å². The molecule has 16 heavy (non-hydrogen) atoms. The fourth-order valence-corrected chi connectivity index (χ4v) is 3.83. The summed E-state index contributed by atoms with van der Waals surface area (Å²) in [6.45, 7) is 6.43. The van der Waals surface area contributed by atoms with E-state index in [0.29, 0.717) is 0 Å².